The number of nitrogens with one attached hydrogen (secondary N) is 1. The molecule has 0 aliphatic carbocycles. The largest absolute Gasteiger partial charge is 0.416 e. The van der Waals surface area contributed by atoms with Gasteiger partial charge in [-0.15, -0.1) is 0 Å². The molecule has 0 aliphatic rings. The Bertz CT molecular complexity index is 571. The van der Waals surface area contributed by atoms with Crippen molar-refractivity contribution in [2.45, 2.75) is 37.4 Å². The van der Waals surface area contributed by atoms with E-state index in [-0.39, 0.29) is 12.6 Å². The Kier molecular flexibility index (Phi) is 5.77. The van der Waals surface area contributed by atoms with Crippen LogP contribution >= 0.6 is 0 Å². The van der Waals surface area contributed by atoms with Crippen molar-refractivity contribution in [1.82, 2.24) is 4.72 Å². The van der Waals surface area contributed by atoms with Crippen molar-refractivity contribution in [3.63, 3.8) is 0 Å². The predicted octanol–water partition coefficient (Wildman–Crippen LogP) is 2.36. The number of rotatable bonds is 6. The van der Waals surface area contributed by atoms with Gasteiger partial charge < -0.3 is 5.73 Å². The van der Waals surface area contributed by atoms with Gasteiger partial charge >= 0.3 is 6.18 Å². The fraction of sp³-hybridized carbons (Fsp3) is 0.538. The molecule has 1 atom stereocenters. The number of halogens is 3. The molecule has 3 N–H and O–H groups in total. The molecule has 4 nitrogen and oxygen atoms in total. The van der Waals surface area contributed by atoms with Crippen molar-refractivity contribution in [2.75, 3.05) is 6.54 Å². The molecule has 0 radical (unpaired) electrons. The van der Waals surface area contributed by atoms with Crippen molar-refractivity contribution in [2.24, 2.45) is 11.7 Å². The fourth-order valence-electron chi connectivity index (χ4n) is 1.83. The summed E-state index contributed by atoms with van der Waals surface area (Å²) in [5.41, 5.74) is 4.75. The Morgan fingerprint density at radius 2 is 1.90 bits per heavy atom. The van der Waals surface area contributed by atoms with E-state index in [0.29, 0.717) is 18.4 Å². The average Bonchev–Trinajstić information content (AvgIpc) is 2.35. The van der Waals surface area contributed by atoms with Gasteiger partial charge in [0, 0.05) is 12.6 Å². The summed E-state index contributed by atoms with van der Waals surface area (Å²) < 4.78 is 63.9. The van der Waals surface area contributed by atoms with Crippen molar-refractivity contribution < 1.29 is 21.6 Å². The summed E-state index contributed by atoms with van der Waals surface area (Å²) >= 11 is 0. The van der Waals surface area contributed by atoms with Gasteiger partial charge in [-0.3, -0.25) is 0 Å². The molecule has 1 aromatic rings. The van der Waals surface area contributed by atoms with Crippen LogP contribution in [0.1, 0.15) is 25.8 Å². The maximum atomic E-state index is 12.6. The summed E-state index contributed by atoms with van der Waals surface area (Å²) in [7, 11) is -4.00. The molecule has 120 valence electrons. The Labute approximate surface area is 122 Å². The highest BCUT2D eigenvalue weighted by Gasteiger charge is 2.31. The van der Waals surface area contributed by atoms with E-state index in [2.05, 4.69) is 4.72 Å². The first-order valence-corrected chi connectivity index (χ1v) is 7.93. The van der Waals surface area contributed by atoms with Gasteiger partial charge in [-0.25, -0.2) is 13.1 Å². The minimum absolute atomic E-state index is 0.0171. The first-order valence-electron chi connectivity index (χ1n) is 6.45. The highest BCUT2D eigenvalue weighted by molar-refractivity contribution is 7.89. The van der Waals surface area contributed by atoms with Crippen molar-refractivity contribution in [3.8, 4) is 0 Å². The second-order valence-electron chi connectivity index (χ2n) is 5.27. The van der Waals surface area contributed by atoms with Crippen LogP contribution in [0, 0.1) is 5.92 Å². The molecule has 0 spiro atoms. The standard InChI is InChI=1S/C13H19F3N2O2S/c1-9(2)6-11(17)8-18-21(19,20)12-5-3-4-10(7-12)13(14,15)16/h3-5,7,9,11,18H,6,8,17H2,1-2H3. The lowest BCUT2D eigenvalue weighted by Crippen LogP contribution is -2.38. The number of alkyl halides is 3. The molecule has 1 unspecified atom stereocenters. The van der Waals surface area contributed by atoms with Gasteiger partial charge in [0.25, 0.3) is 0 Å². The molecule has 1 aromatic carbocycles. The fourth-order valence-corrected chi connectivity index (χ4v) is 2.97. The van der Waals surface area contributed by atoms with E-state index in [9.17, 15) is 21.6 Å². The lowest BCUT2D eigenvalue weighted by Gasteiger charge is -2.15. The molecule has 21 heavy (non-hydrogen) atoms. The number of benzene rings is 1. The molecular weight excluding hydrogens is 305 g/mol. The number of nitrogens with two attached hydrogens (primary N) is 1. The van der Waals surface area contributed by atoms with E-state index >= 15 is 0 Å². The molecule has 1 rings (SSSR count). The molecule has 0 amide bonds. The van der Waals surface area contributed by atoms with E-state index in [1.807, 2.05) is 13.8 Å². The SMILES string of the molecule is CC(C)CC(N)CNS(=O)(=O)c1cccc(C(F)(F)F)c1. The maximum Gasteiger partial charge on any atom is 0.416 e. The monoisotopic (exact) mass is 324 g/mol. The number of sulfonamides is 1. The second-order valence-corrected chi connectivity index (χ2v) is 7.03. The van der Waals surface area contributed by atoms with Gasteiger partial charge in [0.15, 0.2) is 0 Å². The summed E-state index contributed by atoms with van der Waals surface area (Å²) in [5.74, 6) is 0.304. The highest BCUT2D eigenvalue weighted by Crippen LogP contribution is 2.30. The van der Waals surface area contributed by atoms with Gasteiger partial charge in [-0.1, -0.05) is 19.9 Å². The minimum Gasteiger partial charge on any atom is -0.327 e. The van der Waals surface area contributed by atoms with E-state index in [4.69, 9.17) is 5.73 Å². The topological polar surface area (TPSA) is 72.2 Å². The van der Waals surface area contributed by atoms with Crippen molar-refractivity contribution in [1.29, 1.82) is 0 Å². The molecule has 0 aliphatic heterocycles. The summed E-state index contributed by atoms with van der Waals surface area (Å²) in [6.07, 6.45) is -3.97. The number of hydrogen-bond acceptors (Lipinski definition) is 3. The van der Waals surface area contributed by atoms with Gasteiger partial charge in [-0.2, -0.15) is 13.2 Å². The quantitative estimate of drug-likeness (QED) is 0.844. The van der Waals surface area contributed by atoms with Crippen LogP contribution < -0.4 is 10.5 Å². The van der Waals surface area contributed by atoms with Crippen LogP contribution in [0.15, 0.2) is 29.2 Å². The van der Waals surface area contributed by atoms with Crippen molar-refractivity contribution >= 4 is 10.0 Å². The predicted molar refractivity (Wildman–Crippen MR) is 74.1 cm³/mol. The van der Waals surface area contributed by atoms with E-state index in [1.165, 1.54) is 0 Å². The van der Waals surface area contributed by atoms with E-state index in [0.717, 1.165) is 18.2 Å². The van der Waals surface area contributed by atoms with Crippen LogP contribution in [-0.2, 0) is 16.2 Å². The van der Waals surface area contributed by atoms with Crippen LogP contribution in [0.5, 0.6) is 0 Å². The smallest absolute Gasteiger partial charge is 0.327 e. The zero-order chi connectivity index (χ0) is 16.3. The summed E-state index contributed by atoms with van der Waals surface area (Å²) in [5, 5.41) is 0. The van der Waals surface area contributed by atoms with Crippen LogP contribution in [0.2, 0.25) is 0 Å². The van der Waals surface area contributed by atoms with Crippen LogP contribution in [-0.4, -0.2) is 21.0 Å². The van der Waals surface area contributed by atoms with E-state index in [1.54, 1.807) is 0 Å². The van der Waals surface area contributed by atoms with Crippen LogP contribution in [0.4, 0.5) is 13.2 Å². The lowest BCUT2D eigenvalue weighted by atomic mass is 10.1. The Balaban J connectivity index is 2.84. The Morgan fingerprint density at radius 1 is 1.29 bits per heavy atom. The van der Waals surface area contributed by atoms with Crippen LogP contribution in [0.3, 0.4) is 0 Å². The first kappa shape index (κ1) is 17.9. The second kappa shape index (κ2) is 6.76. The summed E-state index contributed by atoms with van der Waals surface area (Å²) in [6, 6.07) is 3.22. The normalized spacial score (nSPS) is 14.4. The maximum absolute atomic E-state index is 12.6. The summed E-state index contributed by atoms with van der Waals surface area (Å²) in [6.45, 7) is 3.87. The molecule has 0 saturated heterocycles. The third-order valence-corrected chi connectivity index (χ3v) is 4.20. The third-order valence-electron chi connectivity index (χ3n) is 2.78. The van der Waals surface area contributed by atoms with E-state index < -0.39 is 26.7 Å². The third kappa shape index (κ3) is 5.64. The molecule has 8 heteroatoms. The zero-order valence-corrected chi connectivity index (χ0v) is 12.6. The van der Waals surface area contributed by atoms with Gasteiger partial charge in [0.05, 0.1) is 10.5 Å². The molecule has 0 heterocycles. The molecule has 0 saturated carbocycles. The Morgan fingerprint density at radius 3 is 2.43 bits per heavy atom. The van der Waals surface area contributed by atoms with Gasteiger partial charge in [-0.05, 0) is 30.5 Å². The van der Waals surface area contributed by atoms with Gasteiger partial charge in [0.1, 0.15) is 0 Å². The zero-order valence-electron chi connectivity index (χ0n) is 11.8. The highest BCUT2D eigenvalue weighted by atomic mass is 32.2. The number of hydrogen-bond donors (Lipinski definition) is 2. The lowest BCUT2D eigenvalue weighted by molar-refractivity contribution is -0.137. The molecular formula is C13H19F3N2O2S. The molecule has 0 bridgehead atoms. The van der Waals surface area contributed by atoms with Crippen molar-refractivity contribution in [3.05, 3.63) is 29.8 Å². The van der Waals surface area contributed by atoms with Crippen LogP contribution in [0.25, 0.3) is 0 Å². The Hall–Kier alpha value is -1.12. The first-order chi connectivity index (χ1) is 9.52. The summed E-state index contributed by atoms with van der Waals surface area (Å²) in [4.78, 5) is -0.422. The average molecular weight is 324 g/mol. The molecule has 0 fully saturated rings. The van der Waals surface area contributed by atoms with Gasteiger partial charge in [0.2, 0.25) is 10.0 Å². The molecule has 0 aromatic heterocycles. The minimum atomic E-state index is -4.58.